The van der Waals surface area contributed by atoms with E-state index in [9.17, 15) is 0 Å². The molecule has 1 saturated heterocycles. The average molecular weight is 505 g/mol. The third-order valence-electron chi connectivity index (χ3n) is 5.08. The van der Waals surface area contributed by atoms with Crippen molar-refractivity contribution in [2.75, 3.05) is 45.2 Å². The Bertz CT molecular complexity index is 527. The summed E-state index contributed by atoms with van der Waals surface area (Å²) in [5, 5.41) is 6.95. The van der Waals surface area contributed by atoms with Crippen molar-refractivity contribution in [2.45, 2.75) is 39.2 Å². The van der Waals surface area contributed by atoms with E-state index in [0.717, 1.165) is 31.5 Å². The molecule has 0 atom stereocenters. The lowest BCUT2D eigenvalue weighted by Crippen LogP contribution is -2.43. The van der Waals surface area contributed by atoms with Crippen molar-refractivity contribution in [3.05, 3.63) is 35.4 Å². The second-order valence-electron chi connectivity index (χ2n) is 7.28. The third-order valence-corrected chi connectivity index (χ3v) is 5.78. The van der Waals surface area contributed by atoms with Gasteiger partial charge in [0.25, 0.3) is 0 Å². The highest BCUT2D eigenvalue weighted by molar-refractivity contribution is 14.0. The molecule has 4 nitrogen and oxygen atoms in total. The largest absolute Gasteiger partial charge is 0.356 e. The molecule has 0 aromatic heterocycles. The molecule has 6 heteroatoms. The molecule has 1 aliphatic heterocycles. The van der Waals surface area contributed by atoms with E-state index in [4.69, 9.17) is 0 Å². The van der Waals surface area contributed by atoms with Gasteiger partial charge < -0.3 is 10.6 Å². The van der Waals surface area contributed by atoms with Crippen LogP contribution in [-0.2, 0) is 6.54 Å². The number of thioether (sulfide) groups is 1. The normalized spacial score (nSPS) is 16.0. The Morgan fingerprint density at radius 3 is 2.48 bits per heavy atom. The van der Waals surface area contributed by atoms with Gasteiger partial charge in [-0.15, -0.1) is 24.0 Å². The Kier molecular flexibility index (Phi) is 13.2. The Morgan fingerprint density at radius 2 is 1.85 bits per heavy atom. The van der Waals surface area contributed by atoms with Gasteiger partial charge in [0.1, 0.15) is 0 Å². The summed E-state index contributed by atoms with van der Waals surface area (Å²) in [5.41, 5.74) is 2.77. The molecule has 0 aliphatic carbocycles. The highest BCUT2D eigenvalue weighted by Crippen LogP contribution is 2.18. The Balaban J connectivity index is 0.00000364. The van der Waals surface area contributed by atoms with Crippen molar-refractivity contribution in [1.82, 2.24) is 15.5 Å². The zero-order valence-corrected chi connectivity index (χ0v) is 20.3. The van der Waals surface area contributed by atoms with Crippen LogP contribution in [0.3, 0.4) is 0 Å². The topological polar surface area (TPSA) is 39.7 Å². The first-order valence-corrected chi connectivity index (χ1v) is 11.3. The first-order chi connectivity index (χ1) is 12.7. The number of aryl methyl sites for hydroxylation is 1. The molecule has 0 saturated carbocycles. The molecule has 1 fully saturated rings. The van der Waals surface area contributed by atoms with E-state index in [1.807, 2.05) is 18.8 Å². The van der Waals surface area contributed by atoms with Crippen LogP contribution >= 0.6 is 35.7 Å². The molecule has 1 aromatic carbocycles. The van der Waals surface area contributed by atoms with Crippen LogP contribution < -0.4 is 10.6 Å². The predicted molar refractivity (Wildman–Crippen MR) is 132 cm³/mol. The standard InChI is InChI=1S/C21H36N4S.HI/c1-18-6-8-20(9-7-18)17-25-13-10-19(11-14-25)16-24-21(22-2)23-12-4-5-15-26-3;/h6-9,19H,4-5,10-17H2,1-3H3,(H2,22,23,24);1H. The summed E-state index contributed by atoms with van der Waals surface area (Å²) in [6, 6.07) is 8.95. The van der Waals surface area contributed by atoms with Gasteiger partial charge in [0, 0.05) is 26.7 Å². The van der Waals surface area contributed by atoms with Crippen molar-refractivity contribution < 1.29 is 0 Å². The van der Waals surface area contributed by atoms with Gasteiger partial charge in [-0.25, -0.2) is 0 Å². The van der Waals surface area contributed by atoms with E-state index in [0.29, 0.717) is 0 Å². The number of hydrogen-bond acceptors (Lipinski definition) is 3. The number of nitrogens with one attached hydrogen (secondary N) is 2. The van der Waals surface area contributed by atoms with Crippen LogP contribution in [0.4, 0.5) is 0 Å². The lowest BCUT2D eigenvalue weighted by atomic mass is 9.96. The predicted octanol–water partition coefficient (Wildman–Crippen LogP) is 4.13. The minimum atomic E-state index is 0. The lowest BCUT2D eigenvalue weighted by molar-refractivity contribution is 0.178. The molecule has 2 rings (SSSR count). The van der Waals surface area contributed by atoms with Gasteiger partial charge in [0.15, 0.2) is 5.96 Å². The molecule has 1 heterocycles. The van der Waals surface area contributed by atoms with E-state index in [-0.39, 0.29) is 24.0 Å². The van der Waals surface area contributed by atoms with Crippen molar-refractivity contribution in [1.29, 1.82) is 0 Å². The zero-order chi connectivity index (χ0) is 18.6. The number of piperidine rings is 1. The molecular formula is C21H37IN4S. The summed E-state index contributed by atoms with van der Waals surface area (Å²) in [4.78, 5) is 6.93. The smallest absolute Gasteiger partial charge is 0.190 e. The molecule has 2 N–H and O–H groups in total. The number of hydrogen-bond donors (Lipinski definition) is 2. The molecule has 0 amide bonds. The van der Waals surface area contributed by atoms with Gasteiger partial charge in [-0.1, -0.05) is 29.8 Å². The average Bonchev–Trinajstić information content (AvgIpc) is 2.67. The lowest BCUT2D eigenvalue weighted by Gasteiger charge is -2.32. The van der Waals surface area contributed by atoms with E-state index in [2.05, 4.69) is 58.0 Å². The number of guanidine groups is 1. The van der Waals surface area contributed by atoms with Crippen molar-refractivity contribution in [3.8, 4) is 0 Å². The molecule has 0 unspecified atom stereocenters. The fourth-order valence-corrected chi connectivity index (χ4v) is 3.83. The highest BCUT2D eigenvalue weighted by atomic mass is 127. The number of unbranched alkanes of at least 4 members (excludes halogenated alkanes) is 1. The number of rotatable bonds is 9. The van der Waals surface area contributed by atoms with Crippen LogP contribution in [0.5, 0.6) is 0 Å². The fraction of sp³-hybridized carbons (Fsp3) is 0.667. The fourth-order valence-electron chi connectivity index (χ4n) is 3.34. The van der Waals surface area contributed by atoms with Gasteiger partial charge >= 0.3 is 0 Å². The maximum atomic E-state index is 4.35. The summed E-state index contributed by atoms with van der Waals surface area (Å²) >= 11 is 1.92. The van der Waals surface area contributed by atoms with Crippen LogP contribution in [0.1, 0.15) is 36.8 Å². The summed E-state index contributed by atoms with van der Waals surface area (Å²) < 4.78 is 0. The third kappa shape index (κ3) is 10.0. The summed E-state index contributed by atoms with van der Waals surface area (Å²) in [5.74, 6) is 2.95. The SMILES string of the molecule is CN=C(NCCCCSC)NCC1CCN(Cc2ccc(C)cc2)CC1.I. The zero-order valence-electron chi connectivity index (χ0n) is 17.2. The number of nitrogens with zero attached hydrogens (tertiary/aromatic N) is 2. The number of aliphatic imine (C=N–C) groups is 1. The summed E-state index contributed by atoms with van der Waals surface area (Å²) in [6.45, 7) is 7.66. The van der Waals surface area contributed by atoms with E-state index in [1.54, 1.807) is 0 Å². The molecular weight excluding hydrogens is 467 g/mol. The van der Waals surface area contributed by atoms with Gasteiger partial charge in [0.05, 0.1) is 0 Å². The monoisotopic (exact) mass is 504 g/mol. The maximum absolute atomic E-state index is 4.35. The second-order valence-corrected chi connectivity index (χ2v) is 8.27. The first kappa shape index (κ1) is 24.6. The molecule has 154 valence electrons. The number of likely N-dealkylation sites (tertiary alicyclic amines) is 1. The molecule has 27 heavy (non-hydrogen) atoms. The van der Waals surface area contributed by atoms with Gasteiger partial charge in [-0.2, -0.15) is 11.8 Å². The number of benzene rings is 1. The van der Waals surface area contributed by atoms with E-state index < -0.39 is 0 Å². The molecule has 0 radical (unpaired) electrons. The van der Waals surface area contributed by atoms with Crippen molar-refractivity contribution in [2.24, 2.45) is 10.9 Å². The van der Waals surface area contributed by atoms with Gasteiger partial charge in [0.2, 0.25) is 0 Å². The quantitative estimate of drug-likeness (QED) is 0.230. The first-order valence-electron chi connectivity index (χ1n) is 9.92. The van der Waals surface area contributed by atoms with Crippen molar-refractivity contribution in [3.63, 3.8) is 0 Å². The maximum Gasteiger partial charge on any atom is 0.190 e. The molecule has 1 aliphatic rings. The van der Waals surface area contributed by atoms with Crippen LogP contribution in [0, 0.1) is 12.8 Å². The van der Waals surface area contributed by atoms with E-state index in [1.165, 1.54) is 55.7 Å². The Labute approximate surface area is 187 Å². The summed E-state index contributed by atoms with van der Waals surface area (Å²) in [7, 11) is 1.86. The second kappa shape index (κ2) is 14.5. The van der Waals surface area contributed by atoms with E-state index >= 15 is 0 Å². The Hall–Kier alpha value is -0.470. The highest BCUT2D eigenvalue weighted by Gasteiger charge is 2.19. The molecule has 0 spiro atoms. The Morgan fingerprint density at radius 1 is 1.15 bits per heavy atom. The van der Waals surface area contributed by atoms with Crippen molar-refractivity contribution >= 4 is 41.7 Å². The van der Waals surface area contributed by atoms with Crippen LogP contribution in [0.15, 0.2) is 29.3 Å². The minimum absolute atomic E-state index is 0. The minimum Gasteiger partial charge on any atom is -0.356 e. The summed E-state index contributed by atoms with van der Waals surface area (Å²) in [6.07, 6.45) is 7.18. The van der Waals surface area contributed by atoms with Gasteiger partial charge in [-0.3, -0.25) is 9.89 Å². The van der Waals surface area contributed by atoms with Crippen LogP contribution in [-0.4, -0.2) is 56.1 Å². The van der Waals surface area contributed by atoms with Crippen LogP contribution in [0.2, 0.25) is 0 Å². The van der Waals surface area contributed by atoms with Crippen LogP contribution in [0.25, 0.3) is 0 Å². The molecule has 0 bridgehead atoms. The molecule has 1 aromatic rings. The number of halogens is 1. The van der Waals surface area contributed by atoms with Gasteiger partial charge in [-0.05, 0) is 69.2 Å².